The van der Waals surface area contributed by atoms with E-state index < -0.39 is 17.8 Å². The maximum Gasteiger partial charge on any atom is 0.338 e. The average molecular weight is 469 g/mol. The number of rotatable bonds is 5. The first-order valence-electron chi connectivity index (χ1n) is 11.4. The van der Waals surface area contributed by atoms with Crippen molar-refractivity contribution in [1.29, 1.82) is 0 Å². The molecular formula is C27H23N3O5. The van der Waals surface area contributed by atoms with Crippen LogP contribution in [-0.2, 0) is 9.53 Å². The summed E-state index contributed by atoms with van der Waals surface area (Å²) in [6, 6.07) is 22.7. The average Bonchev–Trinajstić information content (AvgIpc) is 3.17. The third-order valence-corrected chi connectivity index (χ3v) is 6.21. The molecule has 176 valence electrons. The summed E-state index contributed by atoms with van der Waals surface area (Å²) in [6.45, 7) is 2.11. The molecule has 2 aliphatic heterocycles. The zero-order valence-electron chi connectivity index (χ0n) is 18.9. The molecule has 0 aromatic heterocycles. The Hall–Kier alpha value is -4.46. The first-order chi connectivity index (χ1) is 17.0. The van der Waals surface area contributed by atoms with Crippen LogP contribution in [0.15, 0.2) is 78.9 Å². The minimum atomic E-state index is -0.695. The van der Waals surface area contributed by atoms with Crippen LogP contribution < -0.4 is 9.80 Å². The number of hydrogen-bond donors (Lipinski definition) is 0. The van der Waals surface area contributed by atoms with E-state index in [1.54, 1.807) is 41.3 Å². The van der Waals surface area contributed by atoms with Crippen LogP contribution in [0.3, 0.4) is 0 Å². The molecule has 0 aliphatic carbocycles. The molecule has 8 heteroatoms. The van der Waals surface area contributed by atoms with Gasteiger partial charge in [-0.3, -0.25) is 14.4 Å². The summed E-state index contributed by atoms with van der Waals surface area (Å²) in [5.74, 6) is -1.84. The SMILES string of the molecule is O=C(OCC(=O)N1CCN(c2ccccc2)CC1)c1cccc(N2C(=O)c3ccccc3C2=O)c1. The first-order valence-corrected chi connectivity index (χ1v) is 11.4. The largest absolute Gasteiger partial charge is 0.452 e. The number of benzene rings is 3. The van der Waals surface area contributed by atoms with Gasteiger partial charge in [-0.2, -0.15) is 0 Å². The first kappa shape index (κ1) is 22.3. The molecule has 0 bridgehead atoms. The van der Waals surface area contributed by atoms with Crippen LogP contribution in [-0.4, -0.2) is 61.4 Å². The Kier molecular flexibility index (Phi) is 6.01. The zero-order chi connectivity index (χ0) is 24.4. The van der Waals surface area contributed by atoms with Gasteiger partial charge in [-0.1, -0.05) is 36.4 Å². The molecule has 35 heavy (non-hydrogen) atoms. The predicted octanol–water partition coefficient (Wildman–Crippen LogP) is 2.99. The van der Waals surface area contributed by atoms with Gasteiger partial charge in [0.1, 0.15) is 0 Å². The Morgan fingerprint density at radius 3 is 1.97 bits per heavy atom. The molecule has 0 unspecified atom stereocenters. The number of para-hydroxylation sites is 1. The number of anilines is 2. The molecule has 3 aromatic rings. The number of ether oxygens (including phenoxy) is 1. The van der Waals surface area contributed by atoms with Crippen LogP contribution >= 0.6 is 0 Å². The van der Waals surface area contributed by atoms with Crippen molar-refractivity contribution in [3.05, 3.63) is 95.6 Å². The van der Waals surface area contributed by atoms with Crippen LogP contribution in [0.5, 0.6) is 0 Å². The van der Waals surface area contributed by atoms with Gasteiger partial charge in [-0.15, -0.1) is 0 Å². The van der Waals surface area contributed by atoms with Gasteiger partial charge < -0.3 is 14.5 Å². The van der Waals surface area contributed by atoms with E-state index in [4.69, 9.17) is 4.74 Å². The van der Waals surface area contributed by atoms with Crippen molar-refractivity contribution in [3.63, 3.8) is 0 Å². The van der Waals surface area contributed by atoms with Gasteiger partial charge in [0.15, 0.2) is 6.61 Å². The molecule has 2 heterocycles. The highest BCUT2D eigenvalue weighted by atomic mass is 16.5. The minimum absolute atomic E-state index is 0.153. The summed E-state index contributed by atoms with van der Waals surface area (Å²) < 4.78 is 5.26. The summed E-state index contributed by atoms with van der Waals surface area (Å²) in [7, 11) is 0. The second kappa shape index (κ2) is 9.42. The van der Waals surface area contributed by atoms with E-state index >= 15 is 0 Å². The Bertz CT molecular complexity index is 1260. The number of imide groups is 1. The number of hydrogen-bond acceptors (Lipinski definition) is 6. The van der Waals surface area contributed by atoms with Crippen molar-refractivity contribution >= 4 is 35.1 Å². The highest BCUT2D eigenvalue weighted by molar-refractivity contribution is 6.34. The summed E-state index contributed by atoms with van der Waals surface area (Å²) >= 11 is 0. The molecule has 3 amide bonds. The number of amides is 3. The van der Waals surface area contributed by atoms with Crippen molar-refractivity contribution in [2.24, 2.45) is 0 Å². The molecule has 5 rings (SSSR count). The molecule has 3 aromatic carbocycles. The van der Waals surface area contributed by atoms with Crippen molar-refractivity contribution in [2.75, 3.05) is 42.6 Å². The van der Waals surface area contributed by atoms with Gasteiger partial charge in [0.05, 0.1) is 22.4 Å². The summed E-state index contributed by atoms with van der Waals surface area (Å²) in [5.41, 5.74) is 2.19. The molecule has 1 saturated heterocycles. The van der Waals surface area contributed by atoms with Gasteiger partial charge in [0.2, 0.25) is 0 Å². The molecule has 0 spiro atoms. The van der Waals surface area contributed by atoms with Crippen LogP contribution in [0.4, 0.5) is 11.4 Å². The molecule has 0 N–H and O–H groups in total. The maximum atomic E-state index is 12.7. The van der Waals surface area contributed by atoms with Gasteiger partial charge in [-0.05, 0) is 42.5 Å². The molecular weight excluding hydrogens is 446 g/mol. The number of esters is 1. The van der Waals surface area contributed by atoms with Gasteiger partial charge in [-0.25, -0.2) is 9.69 Å². The monoisotopic (exact) mass is 469 g/mol. The highest BCUT2D eigenvalue weighted by Gasteiger charge is 2.36. The van der Waals surface area contributed by atoms with Crippen LogP contribution in [0.2, 0.25) is 0 Å². The van der Waals surface area contributed by atoms with Crippen LogP contribution in [0, 0.1) is 0 Å². The van der Waals surface area contributed by atoms with Crippen molar-refractivity contribution < 1.29 is 23.9 Å². The highest BCUT2D eigenvalue weighted by Crippen LogP contribution is 2.28. The topological polar surface area (TPSA) is 87.2 Å². The van der Waals surface area contributed by atoms with E-state index in [1.807, 2.05) is 30.3 Å². The van der Waals surface area contributed by atoms with Crippen molar-refractivity contribution in [1.82, 2.24) is 4.90 Å². The second-order valence-corrected chi connectivity index (χ2v) is 8.32. The third kappa shape index (κ3) is 4.38. The molecule has 1 fully saturated rings. The third-order valence-electron chi connectivity index (χ3n) is 6.21. The van der Waals surface area contributed by atoms with Gasteiger partial charge in [0.25, 0.3) is 17.7 Å². The number of fused-ring (bicyclic) bond motifs is 1. The summed E-state index contributed by atoms with van der Waals surface area (Å²) in [5, 5.41) is 0. The number of carbonyl (C=O) groups excluding carboxylic acids is 4. The van der Waals surface area contributed by atoms with Gasteiger partial charge >= 0.3 is 5.97 Å². The Labute approximate surface area is 202 Å². The lowest BCUT2D eigenvalue weighted by atomic mass is 10.1. The summed E-state index contributed by atoms with van der Waals surface area (Å²) in [6.07, 6.45) is 0. The number of carbonyl (C=O) groups is 4. The minimum Gasteiger partial charge on any atom is -0.452 e. The maximum absolute atomic E-state index is 12.7. The van der Waals surface area contributed by atoms with Gasteiger partial charge in [0, 0.05) is 31.9 Å². The van der Waals surface area contributed by atoms with Crippen molar-refractivity contribution in [2.45, 2.75) is 0 Å². The van der Waals surface area contributed by atoms with Crippen molar-refractivity contribution in [3.8, 4) is 0 Å². The van der Waals surface area contributed by atoms with E-state index in [0.717, 1.165) is 10.6 Å². The van der Waals surface area contributed by atoms with E-state index in [9.17, 15) is 19.2 Å². The fourth-order valence-electron chi connectivity index (χ4n) is 4.35. The van der Waals surface area contributed by atoms with E-state index in [1.165, 1.54) is 12.1 Å². The number of nitrogens with zero attached hydrogens (tertiary/aromatic N) is 3. The number of piperazine rings is 1. The summed E-state index contributed by atoms with van der Waals surface area (Å²) in [4.78, 5) is 55.6. The quantitative estimate of drug-likeness (QED) is 0.422. The lowest BCUT2D eigenvalue weighted by Gasteiger charge is -2.36. The lowest BCUT2D eigenvalue weighted by Crippen LogP contribution is -2.49. The molecule has 0 saturated carbocycles. The zero-order valence-corrected chi connectivity index (χ0v) is 18.9. The Morgan fingerprint density at radius 1 is 0.714 bits per heavy atom. The molecule has 2 aliphatic rings. The molecule has 0 atom stereocenters. The van der Waals surface area contributed by atoms with Crippen LogP contribution in [0.1, 0.15) is 31.1 Å². The van der Waals surface area contributed by atoms with E-state index in [0.29, 0.717) is 37.3 Å². The Balaban J connectivity index is 1.19. The fourth-order valence-corrected chi connectivity index (χ4v) is 4.35. The normalized spacial score (nSPS) is 15.3. The van der Waals surface area contributed by atoms with E-state index in [-0.39, 0.29) is 23.8 Å². The standard InChI is InChI=1S/C27H23N3O5/c31-24(29-15-13-28(14-16-29)20-8-2-1-3-9-20)18-35-27(34)19-7-6-10-21(17-19)30-25(32)22-11-4-5-12-23(22)26(30)33/h1-12,17H,13-16,18H2. The van der Waals surface area contributed by atoms with E-state index in [2.05, 4.69) is 4.90 Å². The molecule has 0 radical (unpaired) electrons. The smallest absolute Gasteiger partial charge is 0.338 e. The molecule has 8 nitrogen and oxygen atoms in total. The van der Waals surface area contributed by atoms with Crippen LogP contribution in [0.25, 0.3) is 0 Å². The Morgan fingerprint density at radius 2 is 1.31 bits per heavy atom. The lowest BCUT2D eigenvalue weighted by molar-refractivity contribution is -0.134. The fraction of sp³-hybridized carbons (Fsp3) is 0.185. The second-order valence-electron chi connectivity index (χ2n) is 8.32. The predicted molar refractivity (Wildman–Crippen MR) is 130 cm³/mol.